The Morgan fingerprint density at radius 2 is 2.00 bits per heavy atom. The third-order valence-electron chi connectivity index (χ3n) is 5.00. The van der Waals surface area contributed by atoms with Crippen LogP contribution in [0.1, 0.15) is 16.8 Å². The lowest BCUT2D eigenvalue weighted by Gasteiger charge is -2.27. The number of rotatable bonds is 5. The molecule has 0 saturated carbocycles. The highest BCUT2D eigenvalue weighted by atomic mass is 32.2. The molecule has 0 spiro atoms. The zero-order valence-electron chi connectivity index (χ0n) is 15.8. The second kappa shape index (κ2) is 8.10. The smallest absolute Gasteiger partial charge is 0.234 e. The van der Waals surface area contributed by atoms with Crippen LogP contribution in [0.4, 0.5) is 5.69 Å². The van der Waals surface area contributed by atoms with E-state index in [1.54, 1.807) is 0 Å². The molecule has 3 aromatic rings. The fourth-order valence-electron chi connectivity index (χ4n) is 3.62. The van der Waals surface area contributed by atoms with Gasteiger partial charge in [0.2, 0.25) is 11.8 Å². The van der Waals surface area contributed by atoms with E-state index in [4.69, 9.17) is 0 Å². The number of benzene rings is 2. The number of nitrogens with one attached hydrogen (secondary N) is 2. The topological polar surface area (TPSA) is 65.2 Å². The molecule has 144 valence electrons. The third kappa shape index (κ3) is 4.07. The molecule has 0 unspecified atom stereocenters. The highest BCUT2D eigenvalue weighted by Gasteiger charge is 2.23. The Balaban J connectivity index is 1.29. The number of nitrogens with zero attached hydrogens (tertiary/aromatic N) is 1. The number of amides is 2. The summed E-state index contributed by atoms with van der Waals surface area (Å²) in [6.45, 7) is 3.34. The number of anilines is 1. The number of thioether (sulfide) groups is 1. The van der Waals surface area contributed by atoms with Crippen molar-refractivity contribution in [3.8, 4) is 0 Å². The molecule has 1 aliphatic heterocycles. The van der Waals surface area contributed by atoms with Crippen molar-refractivity contribution in [2.45, 2.75) is 19.9 Å². The van der Waals surface area contributed by atoms with Gasteiger partial charge in [-0.25, -0.2) is 0 Å². The van der Waals surface area contributed by atoms with Crippen molar-refractivity contribution in [3.63, 3.8) is 0 Å². The molecule has 0 radical (unpaired) electrons. The van der Waals surface area contributed by atoms with Crippen LogP contribution in [0.3, 0.4) is 0 Å². The fourth-order valence-corrected chi connectivity index (χ4v) is 4.34. The number of carbonyl (C=O) groups excluding carboxylic acids is 2. The Bertz CT molecular complexity index is 1030. The van der Waals surface area contributed by atoms with Crippen LogP contribution in [-0.2, 0) is 22.6 Å². The molecule has 6 heteroatoms. The maximum absolute atomic E-state index is 12.6. The highest BCUT2D eigenvalue weighted by molar-refractivity contribution is 8.00. The maximum atomic E-state index is 12.6. The molecular weight excluding hydrogens is 370 g/mol. The van der Waals surface area contributed by atoms with Crippen molar-refractivity contribution in [3.05, 3.63) is 65.4 Å². The van der Waals surface area contributed by atoms with Gasteiger partial charge in [-0.2, -0.15) is 0 Å². The van der Waals surface area contributed by atoms with Gasteiger partial charge in [-0.15, -0.1) is 11.8 Å². The monoisotopic (exact) mass is 393 g/mol. The minimum absolute atomic E-state index is 0.0824. The van der Waals surface area contributed by atoms with Gasteiger partial charge in [0.1, 0.15) is 0 Å². The molecule has 2 N–H and O–H groups in total. The largest absolute Gasteiger partial charge is 0.358 e. The molecule has 28 heavy (non-hydrogen) atoms. The Hall–Kier alpha value is -2.73. The summed E-state index contributed by atoms with van der Waals surface area (Å²) >= 11 is 1.36. The van der Waals surface area contributed by atoms with Gasteiger partial charge in [-0.3, -0.25) is 9.59 Å². The first-order valence-electron chi connectivity index (χ1n) is 9.40. The molecule has 0 aliphatic carbocycles. The van der Waals surface area contributed by atoms with E-state index in [-0.39, 0.29) is 17.6 Å². The number of aryl methyl sites for hydroxylation is 1. The quantitative estimate of drug-likeness (QED) is 0.694. The van der Waals surface area contributed by atoms with E-state index in [0.29, 0.717) is 18.8 Å². The maximum Gasteiger partial charge on any atom is 0.234 e. The van der Waals surface area contributed by atoms with E-state index < -0.39 is 0 Å². The van der Waals surface area contributed by atoms with Crippen LogP contribution < -0.4 is 5.32 Å². The van der Waals surface area contributed by atoms with Crippen molar-refractivity contribution >= 4 is 40.2 Å². The van der Waals surface area contributed by atoms with Crippen LogP contribution in [0, 0.1) is 6.92 Å². The summed E-state index contributed by atoms with van der Waals surface area (Å²) < 4.78 is 0. The minimum Gasteiger partial charge on any atom is -0.358 e. The number of aromatic amines is 1. The predicted molar refractivity (Wildman–Crippen MR) is 115 cm³/mol. The van der Waals surface area contributed by atoms with Crippen LogP contribution in [-0.4, -0.2) is 39.7 Å². The molecule has 0 saturated heterocycles. The average molecular weight is 394 g/mol. The van der Waals surface area contributed by atoms with Crippen LogP contribution in [0.25, 0.3) is 10.9 Å². The predicted octanol–water partition coefficient (Wildman–Crippen LogP) is 3.73. The second-order valence-corrected chi connectivity index (χ2v) is 8.09. The van der Waals surface area contributed by atoms with E-state index in [9.17, 15) is 9.59 Å². The Kier molecular flexibility index (Phi) is 5.39. The number of hydrogen-bond acceptors (Lipinski definition) is 3. The van der Waals surface area contributed by atoms with Gasteiger partial charge in [-0.05, 0) is 30.7 Å². The van der Waals surface area contributed by atoms with Crippen molar-refractivity contribution in [1.82, 2.24) is 9.88 Å². The number of H-pyrrole nitrogens is 1. The lowest BCUT2D eigenvalue weighted by Crippen LogP contribution is -2.37. The first-order valence-corrected chi connectivity index (χ1v) is 10.6. The van der Waals surface area contributed by atoms with Crippen LogP contribution in [0.15, 0.2) is 48.5 Å². The lowest BCUT2D eigenvalue weighted by molar-refractivity contribution is -0.129. The zero-order valence-corrected chi connectivity index (χ0v) is 16.6. The minimum atomic E-state index is -0.0824. The standard InChI is InChI=1S/C22H23N3O2S/c1-15-5-4-6-16(11-15)23-21(26)13-28-14-22(27)25-10-9-20-18(12-25)17-7-2-3-8-19(17)24-20/h2-8,11,24H,9-10,12-14H2,1H3,(H,23,26). The van der Waals surface area contributed by atoms with Gasteiger partial charge in [0.05, 0.1) is 11.5 Å². The van der Waals surface area contributed by atoms with Crippen molar-refractivity contribution < 1.29 is 9.59 Å². The molecule has 4 rings (SSSR count). The molecule has 0 atom stereocenters. The van der Waals surface area contributed by atoms with E-state index >= 15 is 0 Å². The Morgan fingerprint density at radius 3 is 2.86 bits per heavy atom. The first kappa shape index (κ1) is 18.6. The zero-order chi connectivity index (χ0) is 19.5. The summed E-state index contributed by atoms with van der Waals surface area (Å²) in [4.78, 5) is 30.1. The molecule has 1 aliphatic rings. The summed E-state index contributed by atoms with van der Waals surface area (Å²) in [5, 5.41) is 4.07. The molecule has 2 heterocycles. The molecule has 5 nitrogen and oxygen atoms in total. The number of carbonyl (C=O) groups is 2. The number of fused-ring (bicyclic) bond motifs is 3. The lowest BCUT2D eigenvalue weighted by atomic mass is 10.0. The molecule has 2 aromatic carbocycles. The number of para-hydroxylation sites is 1. The summed E-state index contributed by atoms with van der Waals surface area (Å²) in [6, 6.07) is 15.9. The summed E-state index contributed by atoms with van der Waals surface area (Å²) in [7, 11) is 0. The van der Waals surface area contributed by atoms with E-state index in [1.165, 1.54) is 28.4 Å². The van der Waals surface area contributed by atoms with Gasteiger partial charge in [0.25, 0.3) is 0 Å². The van der Waals surface area contributed by atoms with Gasteiger partial charge < -0.3 is 15.2 Å². The van der Waals surface area contributed by atoms with Gasteiger partial charge in [0, 0.05) is 47.4 Å². The van der Waals surface area contributed by atoms with E-state index in [2.05, 4.69) is 22.4 Å². The summed E-state index contributed by atoms with van der Waals surface area (Å²) in [5.74, 6) is 0.593. The average Bonchev–Trinajstić information content (AvgIpc) is 3.05. The van der Waals surface area contributed by atoms with E-state index in [0.717, 1.165) is 23.2 Å². The van der Waals surface area contributed by atoms with Crippen LogP contribution >= 0.6 is 11.8 Å². The van der Waals surface area contributed by atoms with E-state index in [1.807, 2.05) is 48.2 Å². The molecular formula is C22H23N3O2S. The molecule has 0 bridgehead atoms. The SMILES string of the molecule is Cc1cccc(NC(=O)CSCC(=O)N2CCc3[nH]c4ccccc4c3C2)c1. The summed E-state index contributed by atoms with van der Waals surface area (Å²) in [5.41, 5.74) is 5.47. The molecule has 1 aromatic heterocycles. The number of hydrogen-bond donors (Lipinski definition) is 2. The van der Waals surface area contributed by atoms with Crippen molar-refractivity contribution in [2.75, 3.05) is 23.4 Å². The number of aromatic nitrogens is 1. The Labute approximate surface area is 168 Å². The molecule has 2 amide bonds. The van der Waals surface area contributed by atoms with Gasteiger partial charge >= 0.3 is 0 Å². The molecule has 0 fully saturated rings. The summed E-state index contributed by atoms with van der Waals surface area (Å²) in [6.07, 6.45) is 0.842. The Morgan fingerprint density at radius 1 is 1.14 bits per heavy atom. The second-order valence-electron chi connectivity index (χ2n) is 7.10. The van der Waals surface area contributed by atoms with Crippen LogP contribution in [0.2, 0.25) is 0 Å². The van der Waals surface area contributed by atoms with Crippen molar-refractivity contribution in [2.24, 2.45) is 0 Å². The van der Waals surface area contributed by atoms with Crippen molar-refractivity contribution in [1.29, 1.82) is 0 Å². The van der Waals surface area contributed by atoms with Gasteiger partial charge in [0.15, 0.2) is 0 Å². The highest BCUT2D eigenvalue weighted by Crippen LogP contribution is 2.27. The third-order valence-corrected chi connectivity index (χ3v) is 5.91. The normalized spacial score (nSPS) is 13.4. The first-order chi connectivity index (χ1) is 13.6. The van der Waals surface area contributed by atoms with Crippen LogP contribution in [0.5, 0.6) is 0 Å². The van der Waals surface area contributed by atoms with Gasteiger partial charge in [-0.1, -0.05) is 30.3 Å². The fraction of sp³-hybridized carbons (Fsp3) is 0.273.